The molecular formula is C20H24N2O3. The smallest absolute Gasteiger partial charge is 0.269 e. The van der Waals surface area contributed by atoms with Crippen molar-refractivity contribution in [3.8, 4) is 5.75 Å². The molecule has 25 heavy (non-hydrogen) atoms. The molecule has 0 fully saturated rings. The fourth-order valence-corrected chi connectivity index (χ4v) is 3.31. The maximum atomic E-state index is 10.8. The van der Waals surface area contributed by atoms with Gasteiger partial charge in [0.1, 0.15) is 5.75 Å². The van der Waals surface area contributed by atoms with E-state index in [2.05, 4.69) is 17.4 Å². The molecule has 2 aromatic carbocycles. The van der Waals surface area contributed by atoms with Gasteiger partial charge in [-0.15, -0.1) is 0 Å². The van der Waals surface area contributed by atoms with Crippen molar-refractivity contribution in [2.24, 2.45) is 0 Å². The first kappa shape index (κ1) is 17.4. The molecule has 0 amide bonds. The molecule has 0 saturated heterocycles. The lowest BCUT2D eigenvalue weighted by molar-refractivity contribution is -0.384. The van der Waals surface area contributed by atoms with Gasteiger partial charge in [0.15, 0.2) is 0 Å². The molecule has 3 rings (SSSR count). The van der Waals surface area contributed by atoms with Crippen molar-refractivity contribution < 1.29 is 9.66 Å². The number of para-hydroxylation sites is 1. The summed E-state index contributed by atoms with van der Waals surface area (Å²) in [7, 11) is 0. The number of nitro benzene ring substituents is 1. The first-order chi connectivity index (χ1) is 12.2. The standard InChI is InChI=1S/C20H24N2O3/c23-22(24)18-8-5-7-16(14-18)6-3-4-12-21-15-17-11-13-25-20-10-2-1-9-19(17)20/h1-2,5,7-10,14,17,21H,3-4,6,11-13,15H2. The van der Waals surface area contributed by atoms with Gasteiger partial charge in [0, 0.05) is 24.6 Å². The van der Waals surface area contributed by atoms with Crippen molar-refractivity contribution in [1.82, 2.24) is 5.32 Å². The van der Waals surface area contributed by atoms with Crippen molar-refractivity contribution in [2.75, 3.05) is 19.7 Å². The summed E-state index contributed by atoms with van der Waals surface area (Å²) in [6.07, 6.45) is 4.02. The van der Waals surface area contributed by atoms with Crippen LogP contribution in [0.4, 0.5) is 5.69 Å². The predicted molar refractivity (Wildman–Crippen MR) is 98.2 cm³/mol. The minimum absolute atomic E-state index is 0.175. The van der Waals surface area contributed by atoms with Crippen LogP contribution in [0.1, 0.15) is 36.3 Å². The van der Waals surface area contributed by atoms with Crippen molar-refractivity contribution in [1.29, 1.82) is 0 Å². The zero-order chi connectivity index (χ0) is 17.5. The van der Waals surface area contributed by atoms with Crippen LogP contribution in [0.25, 0.3) is 0 Å². The van der Waals surface area contributed by atoms with E-state index < -0.39 is 0 Å². The van der Waals surface area contributed by atoms with E-state index >= 15 is 0 Å². The van der Waals surface area contributed by atoms with Gasteiger partial charge in [-0.05, 0) is 49.4 Å². The Morgan fingerprint density at radius 1 is 1.16 bits per heavy atom. The molecule has 0 saturated carbocycles. The maximum Gasteiger partial charge on any atom is 0.269 e. The Labute approximate surface area is 148 Å². The second-order valence-corrected chi connectivity index (χ2v) is 6.46. The quantitative estimate of drug-likeness (QED) is 0.447. The lowest BCUT2D eigenvalue weighted by atomic mass is 9.93. The minimum atomic E-state index is -0.337. The van der Waals surface area contributed by atoms with Crippen LogP contribution in [0.3, 0.4) is 0 Å². The predicted octanol–water partition coefficient (Wildman–Crippen LogP) is 4.07. The molecule has 1 aliphatic rings. The highest BCUT2D eigenvalue weighted by Crippen LogP contribution is 2.32. The van der Waals surface area contributed by atoms with Gasteiger partial charge < -0.3 is 10.1 Å². The van der Waals surface area contributed by atoms with Crippen LogP contribution >= 0.6 is 0 Å². The molecule has 0 spiro atoms. The summed E-state index contributed by atoms with van der Waals surface area (Å²) < 4.78 is 5.70. The fourth-order valence-electron chi connectivity index (χ4n) is 3.31. The van der Waals surface area contributed by atoms with Gasteiger partial charge in [0.2, 0.25) is 0 Å². The highest BCUT2D eigenvalue weighted by molar-refractivity contribution is 5.38. The van der Waals surface area contributed by atoms with Crippen molar-refractivity contribution in [3.05, 3.63) is 69.8 Å². The lowest BCUT2D eigenvalue weighted by Gasteiger charge is -2.26. The topological polar surface area (TPSA) is 64.4 Å². The zero-order valence-corrected chi connectivity index (χ0v) is 14.3. The number of fused-ring (bicyclic) bond motifs is 1. The molecule has 0 aromatic heterocycles. The highest BCUT2D eigenvalue weighted by atomic mass is 16.6. The molecule has 0 aliphatic carbocycles. The fraction of sp³-hybridized carbons (Fsp3) is 0.400. The summed E-state index contributed by atoms with van der Waals surface area (Å²) in [5, 5.41) is 14.3. The Kier molecular flexibility index (Phi) is 6.01. The molecule has 5 heteroatoms. The minimum Gasteiger partial charge on any atom is -0.493 e. The monoisotopic (exact) mass is 340 g/mol. The van der Waals surface area contributed by atoms with Gasteiger partial charge in [-0.25, -0.2) is 0 Å². The number of unbranched alkanes of at least 4 members (excludes halogenated alkanes) is 1. The summed E-state index contributed by atoms with van der Waals surface area (Å²) in [4.78, 5) is 10.5. The summed E-state index contributed by atoms with van der Waals surface area (Å²) >= 11 is 0. The molecule has 132 valence electrons. The third kappa shape index (κ3) is 4.79. The largest absolute Gasteiger partial charge is 0.493 e. The molecule has 1 aliphatic heterocycles. The second kappa shape index (κ2) is 8.62. The summed E-state index contributed by atoms with van der Waals surface area (Å²) in [6, 6.07) is 15.2. The van der Waals surface area contributed by atoms with Gasteiger partial charge >= 0.3 is 0 Å². The number of benzene rings is 2. The van der Waals surface area contributed by atoms with E-state index in [1.165, 1.54) is 11.6 Å². The number of aryl methyl sites for hydroxylation is 1. The molecule has 0 radical (unpaired) electrons. The number of nitrogens with one attached hydrogen (secondary N) is 1. The zero-order valence-electron chi connectivity index (χ0n) is 14.3. The van der Waals surface area contributed by atoms with Crippen LogP contribution < -0.4 is 10.1 Å². The number of non-ortho nitro benzene ring substituents is 1. The van der Waals surface area contributed by atoms with Gasteiger partial charge in [-0.2, -0.15) is 0 Å². The van der Waals surface area contributed by atoms with Crippen LogP contribution in [0.5, 0.6) is 5.75 Å². The Morgan fingerprint density at radius 2 is 2.04 bits per heavy atom. The molecule has 0 bridgehead atoms. The number of nitrogens with zero attached hydrogens (tertiary/aromatic N) is 1. The Bertz CT molecular complexity index is 718. The first-order valence-corrected chi connectivity index (χ1v) is 8.90. The van der Waals surface area contributed by atoms with E-state index in [4.69, 9.17) is 4.74 Å². The Morgan fingerprint density at radius 3 is 2.92 bits per heavy atom. The van der Waals surface area contributed by atoms with Crippen molar-refractivity contribution >= 4 is 5.69 Å². The Balaban J connectivity index is 1.37. The van der Waals surface area contributed by atoms with E-state index in [0.29, 0.717) is 5.92 Å². The van der Waals surface area contributed by atoms with E-state index in [-0.39, 0.29) is 10.6 Å². The van der Waals surface area contributed by atoms with Gasteiger partial charge in [0.25, 0.3) is 5.69 Å². The average molecular weight is 340 g/mol. The number of rotatable bonds is 8. The lowest BCUT2D eigenvalue weighted by Crippen LogP contribution is -2.26. The highest BCUT2D eigenvalue weighted by Gasteiger charge is 2.20. The molecule has 1 heterocycles. The molecule has 1 atom stereocenters. The third-order valence-corrected chi connectivity index (χ3v) is 4.66. The molecule has 5 nitrogen and oxygen atoms in total. The normalized spacial score (nSPS) is 16.1. The van der Waals surface area contributed by atoms with E-state index in [0.717, 1.165) is 56.7 Å². The first-order valence-electron chi connectivity index (χ1n) is 8.90. The maximum absolute atomic E-state index is 10.8. The van der Waals surface area contributed by atoms with E-state index in [1.54, 1.807) is 12.1 Å². The number of nitro groups is 1. The van der Waals surface area contributed by atoms with Crippen LogP contribution in [0.15, 0.2) is 48.5 Å². The summed E-state index contributed by atoms with van der Waals surface area (Å²) in [5.74, 6) is 1.54. The van der Waals surface area contributed by atoms with Crippen LogP contribution in [-0.2, 0) is 6.42 Å². The number of hydrogen-bond donors (Lipinski definition) is 1. The van der Waals surface area contributed by atoms with Crippen LogP contribution in [0, 0.1) is 10.1 Å². The summed E-state index contributed by atoms with van der Waals surface area (Å²) in [5.41, 5.74) is 2.51. The van der Waals surface area contributed by atoms with Gasteiger partial charge in [0.05, 0.1) is 11.5 Å². The van der Waals surface area contributed by atoms with Crippen LogP contribution in [-0.4, -0.2) is 24.6 Å². The number of hydrogen-bond acceptors (Lipinski definition) is 4. The van der Waals surface area contributed by atoms with Gasteiger partial charge in [-0.1, -0.05) is 30.3 Å². The number of ether oxygens (including phenoxy) is 1. The second-order valence-electron chi connectivity index (χ2n) is 6.46. The molecule has 1 unspecified atom stereocenters. The molecule has 2 aromatic rings. The van der Waals surface area contributed by atoms with Crippen molar-refractivity contribution in [3.63, 3.8) is 0 Å². The van der Waals surface area contributed by atoms with E-state index in [1.807, 2.05) is 18.2 Å². The third-order valence-electron chi connectivity index (χ3n) is 4.66. The molecular weight excluding hydrogens is 316 g/mol. The van der Waals surface area contributed by atoms with E-state index in [9.17, 15) is 10.1 Å². The van der Waals surface area contributed by atoms with Gasteiger partial charge in [-0.3, -0.25) is 10.1 Å². The SMILES string of the molecule is O=[N+]([O-])c1cccc(CCCCNCC2CCOc3ccccc32)c1. The average Bonchev–Trinajstić information content (AvgIpc) is 2.65. The van der Waals surface area contributed by atoms with Crippen LogP contribution in [0.2, 0.25) is 0 Å². The van der Waals surface area contributed by atoms with Crippen molar-refractivity contribution in [2.45, 2.75) is 31.6 Å². The summed E-state index contributed by atoms with van der Waals surface area (Å²) in [6.45, 7) is 2.72. The Hall–Kier alpha value is -2.40. The molecule has 1 N–H and O–H groups in total.